The summed E-state index contributed by atoms with van der Waals surface area (Å²) in [6.45, 7) is 3.67. The summed E-state index contributed by atoms with van der Waals surface area (Å²) in [5, 5.41) is 11.0. The van der Waals surface area contributed by atoms with E-state index in [1.54, 1.807) is 12.1 Å². The molecule has 0 bridgehead atoms. The average molecular weight is 223 g/mol. The first kappa shape index (κ1) is 12.2. The maximum atomic E-state index is 11.4. The second-order valence-corrected chi connectivity index (χ2v) is 3.65. The number of benzene rings is 1. The molecule has 0 saturated carbocycles. The number of para-hydroxylation sites is 1. The lowest BCUT2D eigenvalue weighted by Gasteiger charge is -2.08. The van der Waals surface area contributed by atoms with Crippen LogP contribution >= 0.6 is 0 Å². The van der Waals surface area contributed by atoms with E-state index in [0.717, 1.165) is 0 Å². The van der Waals surface area contributed by atoms with Crippen molar-refractivity contribution in [2.24, 2.45) is 0 Å². The molecule has 0 aliphatic carbocycles. The summed E-state index contributed by atoms with van der Waals surface area (Å²) in [4.78, 5) is 21.8. The summed E-state index contributed by atoms with van der Waals surface area (Å²) in [5.74, 6) is -0.709. The molecule has 0 aliphatic heterocycles. The second-order valence-electron chi connectivity index (χ2n) is 3.65. The van der Waals surface area contributed by atoms with Crippen LogP contribution in [0.3, 0.4) is 0 Å². The largest absolute Gasteiger partial charge is 0.465 e. The molecule has 0 radical (unpaired) electrons. The van der Waals surface area contributed by atoms with E-state index in [4.69, 9.17) is 0 Å². The van der Waals surface area contributed by atoms with Crippen molar-refractivity contribution in [3.05, 3.63) is 39.4 Å². The number of hydrogen-bond donors (Lipinski definition) is 0. The summed E-state index contributed by atoms with van der Waals surface area (Å²) in [7, 11) is 1.20. The molecule has 1 aromatic rings. The molecule has 86 valence electrons. The second kappa shape index (κ2) is 4.74. The van der Waals surface area contributed by atoms with Crippen LogP contribution in [0.4, 0.5) is 5.69 Å². The Balaban J connectivity index is 3.44. The van der Waals surface area contributed by atoms with Crippen molar-refractivity contribution in [2.45, 2.75) is 19.8 Å². The molecular formula is C11H13NO4. The van der Waals surface area contributed by atoms with Crippen LogP contribution in [0.5, 0.6) is 0 Å². The Bertz CT molecular complexity index is 426. The third-order valence-corrected chi connectivity index (χ3v) is 2.28. The van der Waals surface area contributed by atoms with Gasteiger partial charge in [0.05, 0.1) is 12.0 Å². The first-order chi connectivity index (χ1) is 7.49. The van der Waals surface area contributed by atoms with Crippen LogP contribution in [0.25, 0.3) is 0 Å². The van der Waals surface area contributed by atoms with E-state index in [0.29, 0.717) is 5.56 Å². The highest BCUT2D eigenvalue weighted by atomic mass is 16.6. The molecule has 5 heteroatoms. The minimum absolute atomic E-state index is 0.00120. The van der Waals surface area contributed by atoms with Crippen molar-refractivity contribution in [3.8, 4) is 0 Å². The molecule has 1 aromatic carbocycles. The van der Waals surface area contributed by atoms with Gasteiger partial charge >= 0.3 is 5.97 Å². The predicted molar refractivity (Wildman–Crippen MR) is 58.5 cm³/mol. The van der Waals surface area contributed by atoms with Crippen molar-refractivity contribution in [1.29, 1.82) is 0 Å². The van der Waals surface area contributed by atoms with E-state index < -0.39 is 10.9 Å². The lowest BCUT2D eigenvalue weighted by molar-refractivity contribution is -0.386. The highest BCUT2D eigenvalue weighted by Crippen LogP contribution is 2.30. The lowest BCUT2D eigenvalue weighted by atomic mass is 9.98. The smallest absolute Gasteiger partial charge is 0.344 e. The van der Waals surface area contributed by atoms with Gasteiger partial charge in [0.25, 0.3) is 5.69 Å². The molecular weight excluding hydrogens is 210 g/mol. The Kier molecular flexibility index (Phi) is 3.60. The van der Waals surface area contributed by atoms with Gasteiger partial charge in [-0.1, -0.05) is 26.0 Å². The topological polar surface area (TPSA) is 69.4 Å². The molecule has 0 aromatic heterocycles. The van der Waals surface area contributed by atoms with E-state index in [1.165, 1.54) is 13.2 Å². The molecule has 16 heavy (non-hydrogen) atoms. The molecule has 0 N–H and O–H groups in total. The Hall–Kier alpha value is -1.91. The molecule has 0 heterocycles. The number of esters is 1. The van der Waals surface area contributed by atoms with Crippen LogP contribution in [-0.4, -0.2) is 18.0 Å². The van der Waals surface area contributed by atoms with Gasteiger partial charge in [-0.15, -0.1) is 0 Å². The van der Waals surface area contributed by atoms with Crippen LogP contribution in [0.15, 0.2) is 18.2 Å². The molecule has 0 unspecified atom stereocenters. The molecule has 0 saturated heterocycles. The summed E-state index contributed by atoms with van der Waals surface area (Å²) in [6.07, 6.45) is 0. The number of carbonyl (C=O) groups excluding carboxylic acids is 1. The third kappa shape index (κ3) is 2.18. The number of hydrogen-bond acceptors (Lipinski definition) is 4. The van der Waals surface area contributed by atoms with Crippen LogP contribution in [0.1, 0.15) is 35.7 Å². The van der Waals surface area contributed by atoms with E-state index in [9.17, 15) is 14.9 Å². The van der Waals surface area contributed by atoms with Crippen molar-refractivity contribution in [3.63, 3.8) is 0 Å². The Labute approximate surface area is 93.2 Å². The zero-order valence-electron chi connectivity index (χ0n) is 9.39. The van der Waals surface area contributed by atoms with Gasteiger partial charge in [-0.05, 0) is 12.0 Å². The molecule has 0 spiro atoms. The first-order valence-electron chi connectivity index (χ1n) is 4.84. The normalized spacial score (nSPS) is 10.2. The molecule has 5 nitrogen and oxygen atoms in total. The molecule has 0 atom stereocenters. The fourth-order valence-electron chi connectivity index (χ4n) is 1.51. The van der Waals surface area contributed by atoms with E-state index >= 15 is 0 Å². The third-order valence-electron chi connectivity index (χ3n) is 2.28. The van der Waals surface area contributed by atoms with Crippen LogP contribution < -0.4 is 0 Å². The Morgan fingerprint density at radius 2 is 2.06 bits per heavy atom. The fourth-order valence-corrected chi connectivity index (χ4v) is 1.51. The summed E-state index contributed by atoms with van der Waals surface area (Å²) < 4.78 is 4.52. The molecule has 0 amide bonds. The van der Waals surface area contributed by atoms with Crippen molar-refractivity contribution in [1.82, 2.24) is 0 Å². The van der Waals surface area contributed by atoms with Gasteiger partial charge in [0.1, 0.15) is 5.56 Å². The molecule has 1 rings (SSSR count). The number of nitrogens with zero attached hydrogens (tertiary/aromatic N) is 1. The number of ether oxygens (including phenoxy) is 1. The lowest BCUT2D eigenvalue weighted by Crippen LogP contribution is -2.08. The van der Waals surface area contributed by atoms with Gasteiger partial charge in [-0.3, -0.25) is 10.1 Å². The minimum atomic E-state index is -0.686. The van der Waals surface area contributed by atoms with Crippen LogP contribution in [0.2, 0.25) is 0 Å². The van der Waals surface area contributed by atoms with Gasteiger partial charge < -0.3 is 4.74 Å². The zero-order chi connectivity index (χ0) is 12.3. The highest BCUT2D eigenvalue weighted by molar-refractivity contribution is 5.94. The summed E-state index contributed by atoms with van der Waals surface area (Å²) >= 11 is 0. The summed E-state index contributed by atoms with van der Waals surface area (Å²) in [6, 6.07) is 4.67. The van der Waals surface area contributed by atoms with Crippen LogP contribution in [0, 0.1) is 10.1 Å². The van der Waals surface area contributed by atoms with Crippen molar-refractivity contribution in [2.75, 3.05) is 7.11 Å². The SMILES string of the molecule is COC(=O)c1cccc(C(C)C)c1[N+](=O)[O-]. The Morgan fingerprint density at radius 1 is 1.44 bits per heavy atom. The van der Waals surface area contributed by atoms with Gasteiger partial charge in [-0.25, -0.2) is 4.79 Å². The average Bonchev–Trinajstić information content (AvgIpc) is 2.26. The van der Waals surface area contributed by atoms with E-state index in [2.05, 4.69) is 4.74 Å². The molecule has 0 fully saturated rings. The van der Waals surface area contributed by atoms with Gasteiger partial charge in [0.2, 0.25) is 0 Å². The van der Waals surface area contributed by atoms with Gasteiger partial charge in [0, 0.05) is 5.56 Å². The number of methoxy groups -OCH3 is 1. The molecule has 0 aliphatic rings. The maximum Gasteiger partial charge on any atom is 0.344 e. The Morgan fingerprint density at radius 3 is 2.50 bits per heavy atom. The van der Waals surface area contributed by atoms with Crippen molar-refractivity contribution >= 4 is 11.7 Å². The maximum absolute atomic E-state index is 11.4. The van der Waals surface area contributed by atoms with E-state index in [-0.39, 0.29) is 17.2 Å². The minimum Gasteiger partial charge on any atom is -0.465 e. The van der Waals surface area contributed by atoms with Crippen molar-refractivity contribution < 1.29 is 14.5 Å². The fraction of sp³-hybridized carbons (Fsp3) is 0.364. The van der Waals surface area contributed by atoms with Crippen LogP contribution in [-0.2, 0) is 4.74 Å². The highest BCUT2D eigenvalue weighted by Gasteiger charge is 2.25. The number of rotatable bonds is 3. The first-order valence-corrected chi connectivity index (χ1v) is 4.84. The monoisotopic (exact) mass is 223 g/mol. The zero-order valence-corrected chi connectivity index (χ0v) is 9.39. The number of nitro benzene ring substituents is 1. The standard InChI is InChI=1S/C11H13NO4/c1-7(2)8-5-4-6-9(11(13)16-3)10(8)12(14)15/h4-7H,1-3H3. The predicted octanol–water partition coefficient (Wildman–Crippen LogP) is 2.50. The summed E-state index contributed by atoms with van der Waals surface area (Å²) in [5.41, 5.74) is 0.371. The van der Waals surface area contributed by atoms with E-state index in [1.807, 2.05) is 13.8 Å². The number of carbonyl (C=O) groups is 1. The van der Waals surface area contributed by atoms with Gasteiger partial charge in [-0.2, -0.15) is 0 Å². The quantitative estimate of drug-likeness (QED) is 0.448. The van der Waals surface area contributed by atoms with Gasteiger partial charge in [0.15, 0.2) is 0 Å². The number of nitro groups is 1.